The summed E-state index contributed by atoms with van der Waals surface area (Å²) in [4.78, 5) is 13.6. The van der Waals surface area contributed by atoms with Gasteiger partial charge in [0.2, 0.25) is 0 Å². The Bertz CT molecular complexity index is 412. The maximum Gasteiger partial charge on any atom is 0.253 e. The number of rotatable bonds is 6. The van der Waals surface area contributed by atoms with Gasteiger partial charge in [0, 0.05) is 25.0 Å². The third-order valence-corrected chi connectivity index (χ3v) is 3.20. The van der Waals surface area contributed by atoms with Crippen molar-refractivity contribution in [3.63, 3.8) is 0 Å². The van der Waals surface area contributed by atoms with Crippen LogP contribution in [0.15, 0.2) is 18.2 Å². The summed E-state index contributed by atoms with van der Waals surface area (Å²) < 4.78 is 5.21. The molecule has 1 amide bonds. The monoisotopic (exact) mass is 309 g/mol. The summed E-state index contributed by atoms with van der Waals surface area (Å²) in [6.07, 6.45) is 0. The van der Waals surface area contributed by atoms with Crippen LogP contribution in [0.5, 0.6) is 0 Å². The topological polar surface area (TPSA) is 29.5 Å². The van der Waals surface area contributed by atoms with Gasteiger partial charge in [0.05, 0.1) is 23.3 Å². The van der Waals surface area contributed by atoms with E-state index in [0.717, 1.165) is 0 Å². The van der Waals surface area contributed by atoms with Crippen molar-refractivity contribution in [1.82, 2.24) is 4.90 Å². The number of halogens is 3. The second-order valence-electron chi connectivity index (χ2n) is 3.66. The standard InChI is InChI=1S/C12H14Cl3NO2/c1-16(5-7-18-6-4-13)12(17)9-2-3-10(14)11(15)8-9/h2-3,8H,4-7H2,1H3. The van der Waals surface area contributed by atoms with Crippen LogP contribution in [0.1, 0.15) is 10.4 Å². The molecular formula is C12H14Cl3NO2. The summed E-state index contributed by atoms with van der Waals surface area (Å²) in [5, 5.41) is 0.802. The Kier molecular flexibility index (Phi) is 6.79. The molecule has 0 saturated heterocycles. The first-order valence-corrected chi connectivity index (χ1v) is 6.69. The lowest BCUT2D eigenvalue weighted by Crippen LogP contribution is -2.30. The highest BCUT2D eigenvalue weighted by atomic mass is 35.5. The average molecular weight is 311 g/mol. The van der Waals surface area contributed by atoms with Gasteiger partial charge in [-0.1, -0.05) is 23.2 Å². The van der Waals surface area contributed by atoms with E-state index in [1.54, 1.807) is 30.1 Å². The maximum atomic E-state index is 12.0. The Morgan fingerprint density at radius 3 is 2.61 bits per heavy atom. The van der Waals surface area contributed by atoms with Gasteiger partial charge in [-0.2, -0.15) is 0 Å². The van der Waals surface area contributed by atoms with Crippen LogP contribution in [0.3, 0.4) is 0 Å². The van der Waals surface area contributed by atoms with E-state index in [-0.39, 0.29) is 5.91 Å². The fourth-order valence-electron chi connectivity index (χ4n) is 1.31. The van der Waals surface area contributed by atoms with E-state index in [9.17, 15) is 4.79 Å². The van der Waals surface area contributed by atoms with E-state index < -0.39 is 0 Å². The molecule has 18 heavy (non-hydrogen) atoms. The molecule has 0 fully saturated rings. The molecule has 100 valence electrons. The average Bonchev–Trinajstić information content (AvgIpc) is 2.37. The third kappa shape index (κ3) is 4.65. The third-order valence-electron chi connectivity index (χ3n) is 2.31. The number of ether oxygens (including phenoxy) is 1. The SMILES string of the molecule is CN(CCOCCCl)C(=O)c1ccc(Cl)c(Cl)c1. The van der Waals surface area contributed by atoms with Gasteiger partial charge < -0.3 is 9.64 Å². The Hall–Kier alpha value is -0.480. The van der Waals surface area contributed by atoms with Crippen LogP contribution >= 0.6 is 34.8 Å². The molecule has 1 aromatic carbocycles. The van der Waals surface area contributed by atoms with Crippen molar-refractivity contribution in [2.45, 2.75) is 0 Å². The summed E-state index contributed by atoms with van der Waals surface area (Å²) in [6, 6.07) is 4.81. The number of alkyl halides is 1. The summed E-state index contributed by atoms with van der Waals surface area (Å²) >= 11 is 17.1. The molecule has 0 heterocycles. The van der Waals surface area contributed by atoms with Crippen molar-refractivity contribution < 1.29 is 9.53 Å². The van der Waals surface area contributed by atoms with Crippen molar-refractivity contribution in [2.24, 2.45) is 0 Å². The fraction of sp³-hybridized carbons (Fsp3) is 0.417. The van der Waals surface area contributed by atoms with Crippen LogP contribution in [-0.4, -0.2) is 43.5 Å². The molecule has 0 spiro atoms. The second-order valence-corrected chi connectivity index (χ2v) is 4.85. The Balaban J connectivity index is 2.54. The molecule has 0 unspecified atom stereocenters. The van der Waals surface area contributed by atoms with Gasteiger partial charge >= 0.3 is 0 Å². The number of amides is 1. The Morgan fingerprint density at radius 1 is 1.28 bits per heavy atom. The van der Waals surface area contributed by atoms with E-state index in [1.807, 2.05) is 0 Å². The Morgan fingerprint density at radius 2 is 2.00 bits per heavy atom. The van der Waals surface area contributed by atoms with Gasteiger partial charge in [-0.15, -0.1) is 11.6 Å². The van der Waals surface area contributed by atoms with E-state index in [0.29, 0.717) is 41.2 Å². The first-order chi connectivity index (χ1) is 8.56. The van der Waals surface area contributed by atoms with Gasteiger partial charge in [-0.3, -0.25) is 4.79 Å². The molecule has 0 N–H and O–H groups in total. The number of nitrogens with zero attached hydrogens (tertiary/aromatic N) is 1. The fourth-order valence-corrected chi connectivity index (χ4v) is 1.72. The normalized spacial score (nSPS) is 10.4. The molecule has 6 heteroatoms. The number of benzene rings is 1. The minimum atomic E-state index is -0.122. The van der Waals surface area contributed by atoms with Crippen LogP contribution in [0.4, 0.5) is 0 Å². The molecule has 0 aliphatic carbocycles. The number of likely N-dealkylation sites (N-methyl/N-ethyl adjacent to an activating group) is 1. The van der Waals surface area contributed by atoms with Gasteiger partial charge in [0.25, 0.3) is 5.91 Å². The maximum absolute atomic E-state index is 12.0. The smallest absolute Gasteiger partial charge is 0.253 e. The van der Waals surface area contributed by atoms with Crippen LogP contribution < -0.4 is 0 Å². The van der Waals surface area contributed by atoms with Crippen molar-refractivity contribution in [3.05, 3.63) is 33.8 Å². The van der Waals surface area contributed by atoms with Crippen molar-refractivity contribution in [3.8, 4) is 0 Å². The first-order valence-electron chi connectivity index (χ1n) is 5.40. The molecule has 0 atom stereocenters. The first kappa shape index (κ1) is 15.6. The van der Waals surface area contributed by atoms with Crippen molar-refractivity contribution in [2.75, 3.05) is 32.7 Å². The zero-order valence-electron chi connectivity index (χ0n) is 9.96. The van der Waals surface area contributed by atoms with E-state index in [2.05, 4.69) is 0 Å². The molecule has 0 saturated carbocycles. The van der Waals surface area contributed by atoms with E-state index in [4.69, 9.17) is 39.5 Å². The van der Waals surface area contributed by atoms with Gasteiger partial charge in [-0.05, 0) is 18.2 Å². The molecule has 3 nitrogen and oxygen atoms in total. The lowest BCUT2D eigenvalue weighted by Gasteiger charge is -2.17. The highest BCUT2D eigenvalue weighted by Crippen LogP contribution is 2.23. The molecule has 1 aromatic rings. The number of hydrogen-bond donors (Lipinski definition) is 0. The number of carbonyl (C=O) groups excluding carboxylic acids is 1. The van der Waals surface area contributed by atoms with Crippen LogP contribution in [-0.2, 0) is 4.74 Å². The quantitative estimate of drug-likeness (QED) is 0.596. The molecule has 0 aromatic heterocycles. The molecular weight excluding hydrogens is 296 g/mol. The van der Waals surface area contributed by atoms with Crippen LogP contribution in [0.2, 0.25) is 10.0 Å². The predicted molar refractivity (Wildman–Crippen MR) is 75.0 cm³/mol. The molecule has 1 rings (SSSR count). The summed E-state index contributed by atoms with van der Waals surface area (Å²) in [5.74, 6) is 0.327. The number of hydrogen-bond acceptors (Lipinski definition) is 2. The summed E-state index contributed by atoms with van der Waals surface area (Å²) in [6.45, 7) is 1.43. The minimum Gasteiger partial charge on any atom is -0.378 e. The van der Waals surface area contributed by atoms with E-state index >= 15 is 0 Å². The largest absolute Gasteiger partial charge is 0.378 e. The van der Waals surface area contributed by atoms with Gasteiger partial charge in [-0.25, -0.2) is 0 Å². The van der Waals surface area contributed by atoms with E-state index in [1.165, 1.54) is 0 Å². The minimum absolute atomic E-state index is 0.122. The predicted octanol–water partition coefficient (Wildman–Crippen LogP) is 3.32. The van der Waals surface area contributed by atoms with Crippen molar-refractivity contribution >= 4 is 40.7 Å². The van der Waals surface area contributed by atoms with Gasteiger partial charge in [0.1, 0.15) is 0 Å². The van der Waals surface area contributed by atoms with Crippen molar-refractivity contribution in [1.29, 1.82) is 0 Å². The van der Waals surface area contributed by atoms with Gasteiger partial charge in [0.15, 0.2) is 0 Å². The molecule has 0 aliphatic heterocycles. The molecule has 0 aliphatic rings. The van der Waals surface area contributed by atoms with Crippen LogP contribution in [0, 0.1) is 0 Å². The van der Waals surface area contributed by atoms with Crippen LogP contribution in [0.25, 0.3) is 0 Å². The molecule has 0 bridgehead atoms. The molecule has 0 radical (unpaired) electrons. The lowest BCUT2D eigenvalue weighted by atomic mass is 10.2. The number of carbonyl (C=O) groups is 1. The Labute approximate surface area is 122 Å². The zero-order valence-corrected chi connectivity index (χ0v) is 12.2. The summed E-state index contributed by atoms with van der Waals surface area (Å²) in [5.41, 5.74) is 0.504. The second kappa shape index (κ2) is 7.85. The highest BCUT2D eigenvalue weighted by Gasteiger charge is 2.12. The zero-order chi connectivity index (χ0) is 13.5. The highest BCUT2D eigenvalue weighted by molar-refractivity contribution is 6.42. The lowest BCUT2D eigenvalue weighted by molar-refractivity contribution is 0.0712. The summed E-state index contributed by atoms with van der Waals surface area (Å²) in [7, 11) is 1.70.